The molecule has 4 N–H and O–H groups in total. The lowest BCUT2D eigenvalue weighted by Gasteiger charge is -2.14. The number of aromatic nitrogens is 2. The van der Waals surface area contributed by atoms with Crippen LogP contribution in [0.5, 0.6) is 0 Å². The van der Waals surface area contributed by atoms with Crippen molar-refractivity contribution in [3.8, 4) is 0 Å². The molecule has 1 atom stereocenters. The van der Waals surface area contributed by atoms with Crippen LogP contribution in [0.2, 0.25) is 0 Å². The van der Waals surface area contributed by atoms with Crippen LogP contribution in [0.1, 0.15) is 33.9 Å². The fourth-order valence-corrected chi connectivity index (χ4v) is 4.08. The number of imidazole rings is 1. The Morgan fingerprint density at radius 1 is 1.08 bits per heavy atom. The third-order valence-corrected chi connectivity index (χ3v) is 5.95. The van der Waals surface area contributed by atoms with Gasteiger partial charge >= 0.3 is 0 Å². The van der Waals surface area contributed by atoms with Crippen LogP contribution in [0.25, 0.3) is 12.2 Å². The van der Waals surface area contributed by atoms with Gasteiger partial charge in [0.25, 0.3) is 5.69 Å². The van der Waals surface area contributed by atoms with Gasteiger partial charge in [-0.05, 0) is 41.0 Å². The summed E-state index contributed by atoms with van der Waals surface area (Å²) in [7, 11) is 0. The third-order valence-electron chi connectivity index (χ3n) is 5.95. The predicted molar refractivity (Wildman–Crippen MR) is 139 cm³/mol. The minimum atomic E-state index is -0.802. The van der Waals surface area contributed by atoms with Crippen LogP contribution in [0.4, 0.5) is 17.1 Å². The zero-order valence-electron chi connectivity index (χ0n) is 19.1. The highest BCUT2D eigenvalue weighted by Gasteiger charge is 2.36. The number of hydrogen-bond acceptors (Lipinski definition) is 6. The number of carbonyl (C=O) groups is 1. The van der Waals surface area contributed by atoms with Gasteiger partial charge in [-0.2, -0.15) is 0 Å². The van der Waals surface area contributed by atoms with Crippen LogP contribution >= 0.6 is 0 Å². The topological polar surface area (TPSA) is 139 Å². The number of hydrogen-bond donors (Lipinski definition) is 3. The molecule has 0 saturated carbocycles. The molecule has 0 saturated heterocycles. The molecule has 0 bridgehead atoms. The van der Waals surface area contributed by atoms with E-state index in [1.165, 1.54) is 12.1 Å². The maximum atomic E-state index is 13.1. The van der Waals surface area contributed by atoms with Crippen molar-refractivity contribution in [3.05, 3.63) is 117 Å². The highest BCUT2D eigenvalue weighted by molar-refractivity contribution is 6.24. The number of rotatable bonds is 7. The van der Waals surface area contributed by atoms with Crippen LogP contribution in [0, 0.1) is 10.1 Å². The summed E-state index contributed by atoms with van der Waals surface area (Å²) in [6.45, 7) is 0.388. The number of nitrogens with one attached hydrogen (secondary N) is 2. The molecule has 1 amide bonds. The van der Waals surface area contributed by atoms with Crippen molar-refractivity contribution >= 4 is 40.8 Å². The van der Waals surface area contributed by atoms with Gasteiger partial charge in [-0.3, -0.25) is 19.9 Å². The normalized spacial score (nSPS) is 15.2. The van der Waals surface area contributed by atoms with E-state index in [2.05, 4.69) is 15.3 Å². The van der Waals surface area contributed by atoms with E-state index in [9.17, 15) is 14.9 Å². The number of non-ortho nitro benzene ring substituents is 1. The maximum Gasteiger partial charge on any atom is 0.269 e. The molecular formula is C27H22N6O3. The highest BCUT2D eigenvalue weighted by Crippen LogP contribution is 2.38. The molecule has 9 nitrogen and oxygen atoms in total. The third kappa shape index (κ3) is 4.68. The fourth-order valence-electron chi connectivity index (χ4n) is 4.08. The first-order chi connectivity index (χ1) is 17.5. The van der Waals surface area contributed by atoms with Crippen molar-refractivity contribution in [2.45, 2.75) is 12.5 Å². The average Bonchev–Trinajstić information content (AvgIpc) is 3.53. The molecule has 3 aromatic carbocycles. The number of carbonyl (C=O) groups excluding carboxylic acids is 1. The van der Waals surface area contributed by atoms with Gasteiger partial charge in [-0.15, -0.1) is 0 Å². The van der Waals surface area contributed by atoms with Crippen LogP contribution < -0.4 is 11.1 Å². The van der Waals surface area contributed by atoms with Crippen molar-refractivity contribution in [3.63, 3.8) is 0 Å². The standard InChI is InChI=1S/C27H22N6O3/c28-14-18-1-6-19(7-2-18)26(25-23-13-22(33(35)36)11-12-24(23)32-27(25)34)31-20-8-3-17(4-9-20)5-10-21-15-29-16-30-21/h1-13,15-16,25H,14,28H2,(H,29,30)(H,32,34). The number of nitrogens with two attached hydrogens (primary N) is 1. The van der Waals surface area contributed by atoms with Gasteiger partial charge in [-0.1, -0.05) is 42.5 Å². The van der Waals surface area contributed by atoms with E-state index in [0.717, 1.165) is 22.4 Å². The Kier molecular flexibility index (Phi) is 6.21. The number of nitrogens with zero attached hydrogens (tertiary/aromatic N) is 3. The molecule has 0 spiro atoms. The van der Waals surface area contributed by atoms with Crippen LogP contribution in [-0.2, 0) is 11.3 Å². The van der Waals surface area contributed by atoms with Crippen molar-refractivity contribution < 1.29 is 9.72 Å². The molecule has 4 aromatic rings. The summed E-state index contributed by atoms with van der Waals surface area (Å²) >= 11 is 0. The summed E-state index contributed by atoms with van der Waals surface area (Å²) in [4.78, 5) is 35.9. The molecule has 1 aliphatic heterocycles. The van der Waals surface area contributed by atoms with Crippen LogP contribution in [0.3, 0.4) is 0 Å². The van der Waals surface area contributed by atoms with Crippen molar-refractivity contribution in [1.82, 2.24) is 9.97 Å². The van der Waals surface area contributed by atoms with Crippen molar-refractivity contribution in [1.29, 1.82) is 0 Å². The molecule has 36 heavy (non-hydrogen) atoms. The first-order valence-electron chi connectivity index (χ1n) is 11.3. The zero-order chi connectivity index (χ0) is 25.1. The molecule has 5 rings (SSSR count). The lowest BCUT2D eigenvalue weighted by molar-refractivity contribution is -0.384. The lowest BCUT2D eigenvalue weighted by atomic mass is 9.90. The first-order valence-corrected chi connectivity index (χ1v) is 11.3. The number of aromatic amines is 1. The van der Waals surface area contributed by atoms with Gasteiger partial charge in [0.1, 0.15) is 5.92 Å². The molecule has 1 aliphatic rings. The second-order valence-electron chi connectivity index (χ2n) is 8.28. The number of amides is 1. The van der Waals surface area contributed by atoms with Crippen LogP contribution in [0.15, 0.2) is 84.2 Å². The number of benzene rings is 3. The van der Waals surface area contributed by atoms with Crippen molar-refractivity contribution in [2.75, 3.05) is 5.32 Å². The van der Waals surface area contributed by atoms with Gasteiger partial charge < -0.3 is 16.0 Å². The van der Waals surface area contributed by atoms with Gasteiger partial charge in [-0.25, -0.2) is 4.98 Å². The summed E-state index contributed by atoms with van der Waals surface area (Å²) in [6, 6.07) is 19.4. The lowest BCUT2D eigenvalue weighted by Crippen LogP contribution is -2.22. The first kappa shape index (κ1) is 22.9. The molecular weight excluding hydrogens is 456 g/mol. The Morgan fingerprint density at radius 3 is 2.53 bits per heavy atom. The number of nitro groups is 1. The maximum absolute atomic E-state index is 13.1. The number of fused-ring (bicyclic) bond motifs is 1. The van der Waals surface area contributed by atoms with Gasteiger partial charge in [0.15, 0.2) is 0 Å². The van der Waals surface area contributed by atoms with Crippen LogP contribution in [-0.4, -0.2) is 26.5 Å². The summed E-state index contributed by atoms with van der Waals surface area (Å²) in [5.41, 5.74) is 11.4. The average molecular weight is 479 g/mol. The predicted octanol–water partition coefficient (Wildman–Crippen LogP) is 4.80. The van der Waals surface area contributed by atoms with E-state index in [-0.39, 0.29) is 11.6 Å². The number of H-pyrrole nitrogens is 1. The molecule has 0 radical (unpaired) electrons. The van der Waals surface area contributed by atoms with E-state index in [4.69, 9.17) is 10.7 Å². The number of aliphatic imine (C=N–C) groups is 1. The molecule has 0 fully saturated rings. The minimum absolute atomic E-state index is 0.0820. The summed E-state index contributed by atoms with van der Waals surface area (Å²) < 4.78 is 0. The number of nitro benzene ring substituents is 1. The van der Waals surface area contributed by atoms with E-state index < -0.39 is 10.8 Å². The second-order valence-corrected chi connectivity index (χ2v) is 8.28. The highest BCUT2D eigenvalue weighted by atomic mass is 16.6. The molecule has 0 aliphatic carbocycles. The Balaban J connectivity index is 1.55. The Bertz CT molecular complexity index is 1470. The fraction of sp³-hybridized carbons (Fsp3) is 0.0741. The quantitative estimate of drug-likeness (QED) is 0.199. The minimum Gasteiger partial charge on any atom is -0.345 e. The van der Waals surface area contributed by atoms with E-state index in [1.807, 2.05) is 60.7 Å². The summed E-state index contributed by atoms with van der Waals surface area (Å²) in [6.07, 6.45) is 7.22. The Labute approximate surface area is 206 Å². The largest absolute Gasteiger partial charge is 0.345 e. The van der Waals surface area contributed by atoms with Gasteiger partial charge in [0, 0.05) is 29.9 Å². The molecule has 2 heterocycles. The monoisotopic (exact) mass is 478 g/mol. The SMILES string of the molecule is NCc1ccc(C(=Nc2ccc(C=Cc3cnc[nH]3)cc2)C2C(=O)Nc3ccc([N+](=O)[O-])cc32)cc1. The molecule has 1 aromatic heterocycles. The Hall–Kier alpha value is -4.89. The molecule has 9 heteroatoms. The molecule has 1 unspecified atom stereocenters. The zero-order valence-corrected chi connectivity index (χ0v) is 19.1. The van der Waals surface area contributed by atoms with Crippen molar-refractivity contribution in [2.24, 2.45) is 10.7 Å². The summed E-state index contributed by atoms with van der Waals surface area (Å²) in [5, 5.41) is 14.2. The summed E-state index contributed by atoms with van der Waals surface area (Å²) in [5.74, 6) is -1.09. The number of anilines is 1. The van der Waals surface area contributed by atoms with E-state index in [0.29, 0.717) is 29.2 Å². The Morgan fingerprint density at radius 2 is 1.86 bits per heavy atom. The molecule has 178 valence electrons. The second kappa shape index (κ2) is 9.77. The smallest absolute Gasteiger partial charge is 0.269 e. The van der Waals surface area contributed by atoms with E-state index in [1.54, 1.807) is 18.6 Å². The van der Waals surface area contributed by atoms with Gasteiger partial charge in [0.2, 0.25) is 5.91 Å². The van der Waals surface area contributed by atoms with E-state index >= 15 is 0 Å². The van der Waals surface area contributed by atoms with Gasteiger partial charge in [0.05, 0.1) is 34.5 Å².